The number of benzene rings is 4. The van der Waals surface area contributed by atoms with Crippen LogP contribution in [-0.2, 0) is 9.53 Å². The van der Waals surface area contributed by atoms with Crippen molar-refractivity contribution < 1.29 is 14.3 Å². The average Bonchev–Trinajstić information content (AvgIpc) is 3.29. The summed E-state index contributed by atoms with van der Waals surface area (Å²) in [6, 6.07) is 25.2. The lowest BCUT2D eigenvalue weighted by molar-refractivity contribution is -0.139. The summed E-state index contributed by atoms with van der Waals surface area (Å²) in [7, 11) is 0. The van der Waals surface area contributed by atoms with E-state index < -0.39 is 12.0 Å². The van der Waals surface area contributed by atoms with Crippen LogP contribution in [0, 0.1) is 0 Å². The van der Waals surface area contributed by atoms with Gasteiger partial charge in [-0.25, -0.2) is 9.79 Å². The first-order valence-electron chi connectivity index (χ1n) is 13.4. The van der Waals surface area contributed by atoms with E-state index in [-0.39, 0.29) is 12.2 Å². The smallest absolute Gasteiger partial charge is 0.338 e. The number of carbonyl (C=O) groups is 1. The Morgan fingerprint density at radius 2 is 1.68 bits per heavy atom. The minimum Gasteiger partial charge on any atom is -0.490 e. The molecule has 0 bridgehead atoms. The van der Waals surface area contributed by atoms with Crippen molar-refractivity contribution in [3.8, 4) is 5.75 Å². The third kappa shape index (κ3) is 4.78. The van der Waals surface area contributed by atoms with E-state index in [4.69, 9.17) is 14.5 Å². The summed E-state index contributed by atoms with van der Waals surface area (Å²) in [4.78, 5) is 32.7. The molecule has 204 valence electrons. The highest BCUT2D eigenvalue weighted by Gasteiger charge is 2.33. The Balaban J connectivity index is 1.58. The fourth-order valence-corrected chi connectivity index (χ4v) is 6.37. The van der Waals surface area contributed by atoms with Gasteiger partial charge in [0.1, 0.15) is 12.4 Å². The third-order valence-corrected chi connectivity index (χ3v) is 8.15. The summed E-state index contributed by atoms with van der Waals surface area (Å²) < 4.78 is 13.2. The Morgan fingerprint density at radius 3 is 2.32 bits per heavy atom. The number of ether oxygens (including phenoxy) is 2. The molecule has 41 heavy (non-hydrogen) atoms. The summed E-state index contributed by atoms with van der Waals surface area (Å²) in [5.74, 6) is 0.183. The predicted octanol–water partition coefficient (Wildman–Crippen LogP) is 5.67. The number of aromatic nitrogens is 1. The standard InChI is InChI=1S/C34H28N2O4S/c1-4-18-40-25-16-14-22(15-17-25)31-30(33(38)39-5-2)21(3)35-34-36(31)32(37)29(41-34)20-28-26-12-8-6-10-23(26)19-24-11-7-9-13-27(24)28/h4,6-17,19-20,31H,1,5,18H2,2-3H3/b29-20-/t31-/m1/s1. The largest absolute Gasteiger partial charge is 0.490 e. The Bertz CT molecular complexity index is 1980. The van der Waals surface area contributed by atoms with Crippen LogP contribution < -0.4 is 19.6 Å². The molecule has 0 saturated heterocycles. The molecular formula is C34H28N2O4S. The van der Waals surface area contributed by atoms with Gasteiger partial charge in [-0.1, -0.05) is 84.7 Å². The van der Waals surface area contributed by atoms with Crippen molar-refractivity contribution in [1.82, 2.24) is 4.57 Å². The van der Waals surface area contributed by atoms with E-state index in [2.05, 4.69) is 36.9 Å². The van der Waals surface area contributed by atoms with Gasteiger partial charge >= 0.3 is 5.97 Å². The van der Waals surface area contributed by atoms with Crippen molar-refractivity contribution in [2.24, 2.45) is 4.99 Å². The first kappa shape index (κ1) is 26.5. The van der Waals surface area contributed by atoms with Crippen LogP contribution in [-0.4, -0.2) is 23.8 Å². The number of allylic oxidation sites excluding steroid dienone is 1. The van der Waals surface area contributed by atoms with Crippen LogP contribution in [0.15, 0.2) is 113 Å². The summed E-state index contributed by atoms with van der Waals surface area (Å²) in [6.07, 6.45) is 3.64. The van der Waals surface area contributed by atoms with Crippen LogP contribution in [0.2, 0.25) is 0 Å². The van der Waals surface area contributed by atoms with E-state index in [1.807, 2.05) is 54.6 Å². The van der Waals surface area contributed by atoms with Gasteiger partial charge in [0.25, 0.3) is 5.56 Å². The Hall–Kier alpha value is -4.75. The van der Waals surface area contributed by atoms with E-state index in [1.54, 1.807) is 24.5 Å². The molecule has 5 aromatic rings. The second-order valence-corrected chi connectivity index (χ2v) is 10.7. The van der Waals surface area contributed by atoms with Gasteiger partial charge in [0.15, 0.2) is 4.80 Å². The molecule has 4 aromatic carbocycles. The maximum atomic E-state index is 14.2. The molecule has 6 rings (SSSR count). The van der Waals surface area contributed by atoms with Gasteiger partial charge < -0.3 is 9.47 Å². The molecule has 1 aliphatic heterocycles. The number of esters is 1. The van der Waals surface area contributed by atoms with Crippen molar-refractivity contribution in [3.63, 3.8) is 0 Å². The zero-order valence-corrected chi connectivity index (χ0v) is 23.6. The molecule has 0 spiro atoms. The second kappa shape index (κ2) is 11.0. The maximum Gasteiger partial charge on any atom is 0.338 e. The molecular weight excluding hydrogens is 532 g/mol. The van der Waals surface area contributed by atoms with Crippen LogP contribution in [0.25, 0.3) is 27.6 Å². The lowest BCUT2D eigenvalue weighted by Gasteiger charge is -2.24. The molecule has 1 aromatic heterocycles. The summed E-state index contributed by atoms with van der Waals surface area (Å²) >= 11 is 1.32. The molecule has 1 atom stereocenters. The minimum absolute atomic E-state index is 0.211. The normalized spacial score (nSPS) is 15.1. The zero-order chi connectivity index (χ0) is 28.5. The van der Waals surface area contributed by atoms with E-state index in [9.17, 15) is 9.59 Å². The van der Waals surface area contributed by atoms with E-state index in [1.165, 1.54) is 11.3 Å². The number of nitrogens with zero attached hydrogens (tertiary/aromatic N) is 2. The average molecular weight is 561 g/mol. The highest BCUT2D eigenvalue weighted by atomic mass is 32.1. The number of hydrogen-bond acceptors (Lipinski definition) is 6. The molecule has 2 heterocycles. The monoisotopic (exact) mass is 560 g/mol. The van der Waals surface area contributed by atoms with Crippen LogP contribution in [0.1, 0.15) is 31.0 Å². The minimum atomic E-state index is -0.690. The quantitative estimate of drug-likeness (QED) is 0.146. The fraction of sp³-hybridized carbons (Fsp3) is 0.147. The van der Waals surface area contributed by atoms with Crippen molar-refractivity contribution in [3.05, 3.63) is 134 Å². The summed E-state index contributed by atoms with van der Waals surface area (Å²) in [5.41, 5.74) is 2.41. The van der Waals surface area contributed by atoms with Crippen LogP contribution in [0.4, 0.5) is 0 Å². The first-order valence-corrected chi connectivity index (χ1v) is 14.3. The third-order valence-electron chi connectivity index (χ3n) is 7.17. The first-order chi connectivity index (χ1) is 20.0. The number of fused-ring (bicyclic) bond motifs is 3. The Morgan fingerprint density at radius 1 is 1.02 bits per heavy atom. The molecule has 0 unspecified atom stereocenters. The SMILES string of the molecule is C=CCOc1ccc([C@@H]2C(C(=O)OCC)=C(C)N=c3s/c(=C\c4c5ccccc5cc5ccccc45)c(=O)n32)cc1. The van der Waals surface area contributed by atoms with Crippen LogP contribution in [0.3, 0.4) is 0 Å². The van der Waals surface area contributed by atoms with Gasteiger partial charge in [-0.15, -0.1) is 0 Å². The van der Waals surface area contributed by atoms with Crippen molar-refractivity contribution in [1.29, 1.82) is 0 Å². The van der Waals surface area contributed by atoms with E-state index >= 15 is 0 Å². The highest BCUT2D eigenvalue weighted by Crippen LogP contribution is 2.32. The molecule has 0 saturated carbocycles. The van der Waals surface area contributed by atoms with Gasteiger partial charge in [0.2, 0.25) is 0 Å². The predicted molar refractivity (Wildman–Crippen MR) is 164 cm³/mol. The number of thiazole rings is 1. The lowest BCUT2D eigenvalue weighted by atomic mass is 9.95. The van der Waals surface area contributed by atoms with E-state index in [0.29, 0.717) is 33.0 Å². The van der Waals surface area contributed by atoms with Crippen LogP contribution in [0.5, 0.6) is 5.75 Å². The zero-order valence-electron chi connectivity index (χ0n) is 22.8. The van der Waals surface area contributed by atoms with Gasteiger partial charge in [-0.3, -0.25) is 9.36 Å². The van der Waals surface area contributed by atoms with Gasteiger partial charge in [0, 0.05) is 0 Å². The van der Waals surface area contributed by atoms with Gasteiger partial charge in [-0.2, -0.15) is 0 Å². The number of hydrogen-bond donors (Lipinski definition) is 0. The summed E-state index contributed by atoms with van der Waals surface area (Å²) in [5, 5.41) is 4.32. The molecule has 0 radical (unpaired) electrons. The number of carbonyl (C=O) groups excluding carboxylic acids is 1. The lowest BCUT2D eigenvalue weighted by Crippen LogP contribution is -2.39. The fourth-order valence-electron chi connectivity index (χ4n) is 5.34. The second-order valence-electron chi connectivity index (χ2n) is 9.70. The molecule has 0 aliphatic carbocycles. The van der Waals surface area contributed by atoms with Crippen LogP contribution >= 0.6 is 11.3 Å². The summed E-state index contributed by atoms with van der Waals surface area (Å²) in [6.45, 7) is 7.84. The van der Waals surface area contributed by atoms with Gasteiger partial charge in [-0.05, 0) is 70.8 Å². The Kier molecular flexibility index (Phi) is 7.12. The maximum absolute atomic E-state index is 14.2. The molecule has 7 heteroatoms. The number of rotatable bonds is 7. The molecule has 0 N–H and O–H groups in total. The molecule has 6 nitrogen and oxygen atoms in total. The van der Waals surface area contributed by atoms with E-state index in [0.717, 1.165) is 32.7 Å². The highest BCUT2D eigenvalue weighted by molar-refractivity contribution is 7.07. The van der Waals surface area contributed by atoms with Crippen molar-refractivity contribution >= 4 is 44.9 Å². The topological polar surface area (TPSA) is 69.9 Å². The van der Waals surface area contributed by atoms with Crippen molar-refractivity contribution in [2.75, 3.05) is 13.2 Å². The molecule has 0 fully saturated rings. The van der Waals surface area contributed by atoms with Gasteiger partial charge in [0.05, 0.1) is 28.5 Å². The van der Waals surface area contributed by atoms with Crippen molar-refractivity contribution in [2.45, 2.75) is 19.9 Å². The molecule has 0 amide bonds. The molecule has 1 aliphatic rings. The Labute approximate surface area is 240 Å².